The number of nitrogens with zero attached hydrogens (tertiary/aromatic N) is 1. The average molecular weight is 318 g/mol. The van der Waals surface area contributed by atoms with E-state index in [9.17, 15) is 18.0 Å². The lowest BCUT2D eigenvalue weighted by Gasteiger charge is -2.19. The van der Waals surface area contributed by atoms with Gasteiger partial charge in [0.2, 0.25) is 10.0 Å². The number of hydrogen-bond acceptors (Lipinski definition) is 5. The van der Waals surface area contributed by atoms with Gasteiger partial charge in [0.25, 0.3) is 0 Å². The number of ether oxygens (including phenoxy) is 1. The summed E-state index contributed by atoms with van der Waals surface area (Å²) in [5.74, 6) is -2.27. The van der Waals surface area contributed by atoms with Gasteiger partial charge in [-0.05, 0) is 12.0 Å². The number of rotatable bonds is 6. The number of carboxylic acid groups (broad SMARTS) is 1. The van der Waals surface area contributed by atoms with Gasteiger partial charge in [0, 0.05) is 13.2 Å². The Morgan fingerprint density at radius 3 is 2.33 bits per heavy atom. The minimum absolute atomic E-state index is 0.172. The molecule has 1 aromatic rings. The lowest BCUT2D eigenvalue weighted by atomic mass is 10.1. The van der Waals surface area contributed by atoms with Crippen molar-refractivity contribution in [1.82, 2.24) is 9.29 Å². The van der Waals surface area contributed by atoms with E-state index in [0.717, 1.165) is 13.2 Å². The lowest BCUT2D eigenvalue weighted by molar-refractivity contribution is -0.143. The van der Waals surface area contributed by atoms with Gasteiger partial charge in [-0.3, -0.25) is 4.79 Å². The van der Waals surface area contributed by atoms with Crippen molar-refractivity contribution >= 4 is 22.0 Å². The smallest absolute Gasteiger partial charge is 0.352 e. The molecule has 0 saturated heterocycles. The van der Waals surface area contributed by atoms with Crippen molar-refractivity contribution < 1.29 is 27.9 Å². The number of methoxy groups -OCH3 is 1. The summed E-state index contributed by atoms with van der Waals surface area (Å²) in [5, 5.41) is 8.93. The van der Waals surface area contributed by atoms with Crippen molar-refractivity contribution in [2.75, 3.05) is 7.11 Å². The van der Waals surface area contributed by atoms with Crippen molar-refractivity contribution in [3.8, 4) is 0 Å². The zero-order chi connectivity index (χ0) is 16.4. The summed E-state index contributed by atoms with van der Waals surface area (Å²) in [7, 11) is -1.45. The second kappa shape index (κ2) is 6.27. The highest BCUT2D eigenvalue weighted by molar-refractivity contribution is 7.89. The topological polar surface area (TPSA) is 115 Å². The molecule has 21 heavy (non-hydrogen) atoms. The van der Waals surface area contributed by atoms with Crippen molar-refractivity contribution in [2.45, 2.75) is 24.8 Å². The normalized spacial score (nSPS) is 13.2. The zero-order valence-corrected chi connectivity index (χ0v) is 13.0. The Labute approximate surface area is 122 Å². The molecule has 2 N–H and O–H groups in total. The Morgan fingerprint density at radius 2 is 1.95 bits per heavy atom. The summed E-state index contributed by atoms with van der Waals surface area (Å²) >= 11 is 0. The van der Waals surface area contributed by atoms with Gasteiger partial charge >= 0.3 is 11.9 Å². The third-order valence-electron chi connectivity index (χ3n) is 2.91. The summed E-state index contributed by atoms with van der Waals surface area (Å²) in [4.78, 5) is 22.3. The second-order valence-electron chi connectivity index (χ2n) is 4.84. The van der Waals surface area contributed by atoms with Gasteiger partial charge in [-0.2, -0.15) is 4.72 Å². The molecule has 0 unspecified atom stereocenters. The minimum atomic E-state index is -4.03. The van der Waals surface area contributed by atoms with Gasteiger partial charge in [-0.1, -0.05) is 13.8 Å². The van der Waals surface area contributed by atoms with E-state index in [0.29, 0.717) is 0 Å². The summed E-state index contributed by atoms with van der Waals surface area (Å²) in [5.41, 5.74) is -0.172. The molecule has 1 aromatic heterocycles. The van der Waals surface area contributed by atoms with Crippen LogP contribution in [-0.4, -0.2) is 43.2 Å². The van der Waals surface area contributed by atoms with Crippen LogP contribution in [0.1, 0.15) is 24.3 Å². The number of sulfonamides is 1. The number of carboxylic acids is 1. The summed E-state index contributed by atoms with van der Waals surface area (Å²) in [6, 6.07) is -0.0206. The van der Waals surface area contributed by atoms with Gasteiger partial charge in [-0.15, -0.1) is 0 Å². The molecule has 1 heterocycles. The maximum atomic E-state index is 12.2. The molecule has 0 aliphatic heterocycles. The second-order valence-corrected chi connectivity index (χ2v) is 6.56. The van der Waals surface area contributed by atoms with E-state index in [1.807, 2.05) is 0 Å². The summed E-state index contributed by atoms with van der Waals surface area (Å²) in [6.07, 6.45) is 1.17. The van der Waals surface area contributed by atoms with E-state index in [-0.39, 0.29) is 16.5 Å². The Bertz CT molecular complexity index is 647. The third-order valence-corrected chi connectivity index (χ3v) is 4.32. The molecule has 0 saturated carbocycles. The molecule has 9 heteroatoms. The molecule has 0 aliphatic carbocycles. The number of esters is 1. The zero-order valence-electron chi connectivity index (χ0n) is 12.2. The largest absolute Gasteiger partial charge is 0.477 e. The molecule has 0 amide bonds. The molecule has 0 fully saturated rings. The van der Waals surface area contributed by atoms with Gasteiger partial charge in [0.05, 0.1) is 7.11 Å². The molecule has 1 atom stereocenters. The number of nitrogens with one attached hydrogen (secondary N) is 1. The fraction of sp³-hybridized carbons (Fsp3) is 0.500. The van der Waals surface area contributed by atoms with Crippen LogP contribution in [0.2, 0.25) is 0 Å². The number of aryl methyl sites for hydroxylation is 1. The number of aromatic nitrogens is 1. The molecule has 1 rings (SSSR count). The fourth-order valence-corrected chi connectivity index (χ4v) is 3.11. The molecule has 0 aromatic carbocycles. The molecular formula is C12H18N2O6S. The van der Waals surface area contributed by atoms with Gasteiger partial charge < -0.3 is 14.4 Å². The molecule has 118 valence electrons. The van der Waals surface area contributed by atoms with Crippen LogP contribution >= 0.6 is 0 Å². The highest BCUT2D eigenvalue weighted by atomic mass is 32.2. The van der Waals surface area contributed by atoms with Crippen LogP contribution in [0.15, 0.2) is 17.2 Å². The first-order valence-corrected chi connectivity index (χ1v) is 7.58. The Kier molecular flexibility index (Phi) is 5.13. The molecule has 0 spiro atoms. The maximum Gasteiger partial charge on any atom is 0.352 e. The van der Waals surface area contributed by atoms with Crippen LogP contribution in [-0.2, 0) is 26.6 Å². The number of carbonyl (C=O) groups excluding carboxylic acids is 1. The van der Waals surface area contributed by atoms with Crippen molar-refractivity contribution in [1.29, 1.82) is 0 Å². The standard InChI is InChI=1S/C12H18N2O6S/c1-7(2)10(12(17)20-4)13-21(18,19)8-5-9(11(15)16)14(3)6-8/h5-7,10,13H,1-4H3,(H,15,16)/t10-/m0/s1. The van der Waals surface area contributed by atoms with E-state index >= 15 is 0 Å². The maximum absolute atomic E-state index is 12.2. The van der Waals surface area contributed by atoms with Crippen LogP contribution in [0.3, 0.4) is 0 Å². The number of aromatic carboxylic acids is 1. The first-order chi connectivity index (χ1) is 9.60. The average Bonchev–Trinajstić information content (AvgIpc) is 2.78. The molecular weight excluding hydrogens is 300 g/mol. The minimum Gasteiger partial charge on any atom is -0.477 e. The van der Waals surface area contributed by atoms with E-state index in [1.54, 1.807) is 13.8 Å². The number of hydrogen-bond donors (Lipinski definition) is 2. The van der Waals surface area contributed by atoms with Crippen LogP contribution in [0.4, 0.5) is 0 Å². The molecule has 0 bridgehead atoms. The summed E-state index contributed by atoms with van der Waals surface area (Å²) < 4.78 is 32.4. The third kappa shape index (κ3) is 3.82. The Morgan fingerprint density at radius 1 is 1.38 bits per heavy atom. The van der Waals surface area contributed by atoms with Gasteiger partial charge in [0.15, 0.2) is 0 Å². The van der Waals surface area contributed by atoms with E-state index in [2.05, 4.69) is 9.46 Å². The Balaban J connectivity index is 3.13. The van der Waals surface area contributed by atoms with E-state index in [1.165, 1.54) is 17.8 Å². The van der Waals surface area contributed by atoms with Crippen molar-refractivity contribution in [3.63, 3.8) is 0 Å². The SMILES string of the molecule is COC(=O)[C@@H](NS(=O)(=O)c1cc(C(=O)O)n(C)c1)C(C)C. The highest BCUT2D eigenvalue weighted by Gasteiger charge is 2.30. The first kappa shape index (κ1) is 17.2. The predicted octanol–water partition coefficient (Wildman–Crippen LogP) is 0.199. The highest BCUT2D eigenvalue weighted by Crippen LogP contribution is 2.16. The van der Waals surface area contributed by atoms with E-state index < -0.39 is 28.0 Å². The number of carbonyl (C=O) groups is 2. The van der Waals surface area contributed by atoms with Gasteiger partial charge in [-0.25, -0.2) is 13.2 Å². The molecule has 0 radical (unpaired) electrons. The van der Waals surface area contributed by atoms with Crippen LogP contribution in [0.5, 0.6) is 0 Å². The molecule has 0 aliphatic rings. The monoisotopic (exact) mass is 318 g/mol. The first-order valence-electron chi connectivity index (χ1n) is 6.10. The quantitative estimate of drug-likeness (QED) is 0.724. The Hall–Kier alpha value is -1.87. The van der Waals surface area contributed by atoms with Crippen molar-refractivity contribution in [2.24, 2.45) is 13.0 Å². The van der Waals surface area contributed by atoms with Gasteiger partial charge in [0.1, 0.15) is 16.6 Å². The van der Waals surface area contributed by atoms with Crippen molar-refractivity contribution in [3.05, 3.63) is 18.0 Å². The van der Waals surface area contributed by atoms with E-state index in [4.69, 9.17) is 5.11 Å². The van der Waals surface area contributed by atoms with Crippen LogP contribution in [0.25, 0.3) is 0 Å². The predicted molar refractivity (Wildman–Crippen MR) is 73.3 cm³/mol. The van der Waals surface area contributed by atoms with Crippen LogP contribution < -0.4 is 4.72 Å². The fourth-order valence-electron chi connectivity index (χ4n) is 1.71. The molecule has 8 nitrogen and oxygen atoms in total. The lowest BCUT2D eigenvalue weighted by Crippen LogP contribution is -2.44. The summed E-state index contributed by atoms with van der Waals surface area (Å²) in [6.45, 7) is 3.33. The van der Waals surface area contributed by atoms with Crippen LogP contribution in [0, 0.1) is 5.92 Å².